The molecule has 5 nitrogen and oxygen atoms in total. The van der Waals surface area contributed by atoms with E-state index in [9.17, 15) is 0 Å². The number of aromatic nitrogens is 4. The summed E-state index contributed by atoms with van der Waals surface area (Å²) in [6.45, 7) is 6.07. The standard InChI is InChI=1S/C20H19N5/c1-13-8-10-16(11-9-13)21-19-17-6-4-5-7-18(17)20(23-22-19)25-15(3)12-14(2)24-25/h4-12H,1-3H3,(H,21,22). The Morgan fingerprint density at radius 1 is 0.840 bits per heavy atom. The van der Waals surface area contributed by atoms with Gasteiger partial charge in [0.15, 0.2) is 11.6 Å². The summed E-state index contributed by atoms with van der Waals surface area (Å²) in [5, 5.41) is 18.8. The molecule has 0 saturated heterocycles. The minimum Gasteiger partial charge on any atom is -0.338 e. The van der Waals surface area contributed by atoms with Crippen LogP contribution in [0.15, 0.2) is 54.6 Å². The Balaban J connectivity index is 1.84. The van der Waals surface area contributed by atoms with Crippen molar-refractivity contribution >= 4 is 22.3 Å². The predicted molar refractivity (Wildman–Crippen MR) is 101 cm³/mol. The van der Waals surface area contributed by atoms with E-state index >= 15 is 0 Å². The van der Waals surface area contributed by atoms with E-state index in [1.54, 1.807) is 0 Å². The number of rotatable bonds is 3. The second kappa shape index (κ2) is 6.02. The molecular weight excluding hydrogens is 310 g/mol. The third-order valence-corrected chi connectivity index (χ3v) is 4.19. The van der Waals surface area contributed by atoms with Crippen molar-refractivity contribution < 1.29 is 0 Å². The molecule has 0 fully saturated rings. The molecule has 4 aromatic rings. The van der Waals surface area contributed by atoms with E-state index in [1.165, 1.54) is 5.56 Å². The maximum absolute atomic E-state index is 4.55. The van der Waals surface area contributed by atoms with Gasteiger partial charge in [-0.2, -0.15) is 5.10 Å². The highest BCUT2D eigenvalue weighted by Gasteiger charge is 2.13. The zero-order valence-electron chi connectivity index (χ0n) is 14.5. The van der Waals surface area contributed by atoms with Crippen LogP contribution in [-0.4, -0.2) is 20.0 Å². The number of hydrogen-bond donors (Lipinski definition) is 1. The third-order valence-electron chi connectivity index (χ3n) is 4.19. The lowest BCUT2D eigenvalue weighted by atomic mass is 10.1. The normalized spacial score (nSPS) is 11.0. The van der Waals surface area contributed by atoms with E-state index in [2.05, 4.69) is 51.8 Å². The molecule has 0 aliphatic heterocycles. The summed E-state index contributed by atoms with van der Waals surface area (Å²) in [7, 11) is 0. The molecule has 0 radical (unpaired) electrons. The van der Waals surface area contributed by atoms with Gasteiger partial charge in [0.1, 0.15) is 0 Å². The first-order chi connectivity index (χ1) is 12.1. The van der Waals surface area contributed by atoms with E-state index < -0.39 is 0 Å². The van der Waals surface area contributed by atoms with Gasteiger partial charge in [0.25, 0.3) is 0 Å². The fraction of sp³-hybridized carbons (Fsp3) is 0.150. The van der Waals surface area contributed by atoms with Gasteiger partial charge in [-0.25, -0.2) is 4.68 Å². The number of aryl methyl sites for hydroxylation is 3. The van der Waals surface area contributed by atoms with Crippen molar-refractivity contribution in [3.8, 4) is 5.82 Å². The van der Waals surface area contributed by atoms with Crippen LogP contribution < -0.4 is 5.32 Å². The predicted octanol–water partition coefficient (Wildman–Crippen LogP) is 4.48. The van der Waals surface area contributed by atoms with Crippen LogP contribution in [0.25, 0.3) is 16.6 Å². The fourth-order valence-corrected chi connectivity index (χ4v) is 2.96. The van der Waals surface area contributed by atoms with Gasteiger partial charge in [0.2, 0.25) is 0 Å². The molecule has 0 amide bonds. The summed E-state index contributed by atoms with van der Waals surface area (Å²) in [6, 6.07) is 18.4. The highest BCUT2D eigenvalue weighted by atomic mass is 15.4. The second-order valence-corrected chi connectivity index (χ2v) is 6.25. The lowest BCUT2D eigenvalue weighted by Crippen LogP contribution is -2.06. The van der Waals surface area contributed by atoms with Crippen LogP contribution in [0.5, 0.6) is 0 Å². The first kappa shape index (κ1) is 15.3. The molecule has 0 aliphatic rings. The van der Waals surface area contributed by atoms with Crippen molar-refractivity contribution in [2.24, 2.45) is 0 Å². The summed E-state index contributed by atoms with van der Waals surface area (Å²) >= 11 is 0. The van der Waals surface area contributed by atoms with Crippen molar-refractivity contribution in [2.45, 2.75) is 20.8 Å². The van der Waals surface area contributed by atoms with Gasteiger partial charge >= 0.3 is 0 Å². The molecule has 0 atom stereocenters. The van der Waals surface area contributed by atoms with Gasteiger partial charge in [-0.05, 0) is 39.0 Å². The molecule has 2 heterocycles. The third kappa shape index (κ3) is 2.85. The average molecular weight is 329 g/mol. The first-order valence-corrected chi connectivity index (χ1v) is 8.24. The smallest absolute Gasteiger partial charge is 0.183 e. The number of nitrogens with zero attached hydrogens (tertiary/aromatic N) is 4. The summed E-state index contributed by atoms with van der Waals surface area (Å²) < 4.78 is 1.85. The molecule has 4 rings (SSSR count). The van der Waals surface area contributed by atoms with Gasteiger partial charge in [0, 0.05) is 22.2 Å². The highest BCUT2D eigenvalue weighted by Crippen LogP contribution is 2.28. The van der Waals surface area contributed by atoms with Crippen molar-refractivity contribution in [3.05, 3.63) is 71.5 Å². The Hall–Kier alpha value is -3.21. The van der Waals surface area contributed by atoms with Crippen LogP contribution in [0.2, 0.25) is 0 Å². The molecule has 0 saturated carbocycles. The molecule has 0 unspecified atom stereocenters. The molecule has 25 heavy (non-hydrogen) atoms. The van der Waals surface area contributed by atoms with Gasteiger partial charge < -0.3 is 5.32 Å². The van der Waals surface area contributed by atoms with Crippen LogP contribution >= 0.6 is 0 Å². The van der Waals surface area contributed by atoms with E-state index in [-0.39, 0.29) is 0 Å². The van der Waals surface area contributed by atoms with Gasteiger partial charge in [0.05, 0.1) is 5.69 Å². The van der Waals surface area contributed by atoms with Gasteiger partial charge in [-0.3, -0.25) is 0 Å². The van der Waals surface area contributed by atoms with Crippen LogP contribution in [0.3, 0.4) is 0 Å². The second-order valence-electron chi connectivity index (χ2n) is 6.25. The first-order valence-electron chi connectivity index (χ1n) is 8.24. The Bertz CT molecular complexity index is 1050. The minimum atomic E-state index is 0.740. The molecule has 0 aliphatic carbocycles. The Labute approximate surface area is 146 Å². The molecule has 0 spiro atoms. The zero-order valence-corrected chi connectivity index (χ0v) is 14.5. The van der Waals surface area contributed by atoms with Crippen LogP contribution in [-0.2, 0) is 0 Å². The molecule has 2 aromatic heterocycles. The molecule has 5 heteroatoms. The molecule has 0 bridgehead atoms. The van der Waals surface area contributed by atoms with Crippen LogP contribution in [0.1, 0.15) is 17.0 Å². The van der Waals surface area contributed by atoms with Gasteiger partial charge in [-0.1, -0.05) is 42.0 Å². The Kier molecular flexibility index (Phi) is 3.69. The summed E-state index contributed by atoms with van der Waals surface area (Å²) in [5.74, 6) is 1.49. The number of nitrogens with one attached hydrogen (secondary N) is 1. The maximum atomic E-state index is 4.55. The zero-order chi connectivity index (χ0) is 17.4. The number of benzene rings is 2. The molecular formula is C20H19N5. The average Bonchev–Trinajstić information content (AvgIpc) is 2.95. The summed E-state index contributed by atoms with van der Waals surface area (Å²) in [6.07, 6.45) is 0. The number of hydrogen-bond acceptors (Lipinski definition) is 4. The van der Waals surface area contributed by atoms with Gasteiger partial charge in [-0.15, -0.1) is 10.2 Å². The molecule has 1 N–H and O–H groups in total. The number of fused-ring (bicyclic) bond motifs is 1. The van der Waals surface area contributed by atoms with Crippen molar-refractivity contribution in [2.75, 3.05) is 5.32 Å². The van der Waals surface area contributed by atoms with Crippen molar-refractivity contribution in [3.63, 3.8) is 0 Å². The fourth-order valence-electron chi connectivity index (χ4n) is 2.96. The quantitative estimate of drug-likeness (QED) is 0.602. The van der Waals surface area contributed by atoms with E-state index in [4.69, 9.17) is 0 Å². The highest BCUT2D eigenvalue weighted by molar-refractivity contribution is 5.97. The van der Waals surface area contributed by atoms with Crippen LogP contribution in [0, 0.1) is 20.8 Å². The van der Waals surface area contributed by atoms with Crippen LogP contribution in [0.4, 0.5) is 11.5 Å². The topological polar surface area (TPSA) is 55.6 Å². The maximum Gasteiger partial charge on any atom is 0.183 e. The minimum absolute atomic E-state index is 0.740. The molecule has 124 valence electrons. The SMILES string of the molecule is Cc1ccc(Nc2nnc(-n3nc(C)cc3C)c3ccccc23)cc1. The van der Waals surface area contributed by atoms with E-state index in [0.29, 0.717) is 0 Å². The van der Waals surface area contributed by atoms with Crippen molar-refractivity contribution in [1.82, 2.24) is 20.0 Å². The monoisotopic (exact) mass is 329 g/mol. The van der Waals surface area contributed by atoms with Crippen molar-refractivity contribution in [1.29, 1.82) is 0 Å². The Morgan fingerprint density at radius 2 is 1.56 bits per heavy atom. The lowest BCUT2D eigenvalue weighted by molar-refractivity contribution is 0.792. The molecule has 2 aromatic carbocycles. The largest absolute Gasteiger partial charge is 0.338 e. The van der Waals surface area contributed by atoms with E-state index in [0.717, 1.165) is 39.5 Å². The lowest BCUT2D eigenvalue weighted by Gasteiger charge is -2.12. The Morgan fingerprint density at radius 3 is 2.24 bits per heavy atom. The number of anilines is 2. The summed E-state index contributed by atoms with van der Waals surface area (Å²) in [4.78, 5) is 0. The van der Waals surface area contributed by atoms with E-state index in [1.807, 2.05) is 48.9 Å². The summed E-state index contributed by atoms with van der Waals surface area (Å²) in [5.41, 5.74) is 4.21.